The van der Waals surface area contributed by atoms with Gasteiger partial charge in [0.05, 0.1) is 6.04 Å². The maximum Gasteiger partial charge on any atom is 0.261 e. The second-order valence-electron chi connectivity index (χ2n) is 8.32. The third-order valence-electron chi connectivity index (χ3n) is 5.95. The number of aryl methyl sites for hydroxylation is 1. The van der Waals surface area contributed by atoms with Crippen molar-refractivity contribution in [1.29, 1.82) is 0 Å². The highest BCUT2D eigenvalue weighted by atomic mass is 16.2. The van der Waals surface area contributed by atoms with E-state index in [1.807, 2.05) is 43.4 Å². The number of hydrogen-bond acceptors (Lipinski definition) is 3. The number of hydrogen-bond donors (Lipinski definition) is 2. The lowest BCUT2D eigenvalue weighted by Gasteiger charge is -2.26. The number of carbonyl (C=O) groups excluding carboxylic acids is 1. The standard InChI is InChI=1S/C26H29N3O2/c1-29(17-16-19-8-3-2-4-9-19)18-21-14-15-23(25(30)27-21)26(31)28-24-13-7-11-20-10-5-6-12-22(20)24/h2-6,8-10,12,14-15,24H,7,11,13,16-18H2,1H3,(H,27,30)(H,28,31). The van der Waals surface area contributed by atoms with Crippen LogP contribution in [0.25, 0.3) is 0 Å². The molecule has 2 aromatic carbocycles. The molecule has 0 fully saturated rings. The van der Waals surface area contributed by atoms with Gasteiger partial charge in [-0.05, 0) is 61.6 Å². The van der Waals surface area contributed by atoms with E-state index in [1.165, 1.54) is 11.1 Å². The van der Waals surface area contributed by atoms with Crippen molar-refractivity contribution < 1.29 is 4.79 Å². The number of likely N-dealkylation sites (N-methyl/N-ethyl adjacent to an activating group) is 1. The average Bonchev–Trinajstić information content (AvgIpc) is 2.79. The van der Waals surface area contributed by atoms with E-state index in [1.54, 1.807) is 6.07 Å². The molecule has 1 aliphatic carbocycles. The quantitative estimate of drug-likeness (QED) is 0.616. The van der Waals surface area contributed by atoms with Crippen LogP contribution in [0.1, 0.15) is 51.6 Å². The van der Waals surface area contributed by atoms with Crippen molar-refractivity contribution in [3.05, 3.63) is 105 Å². The highest BCUT2D eigenvalue weighted by Gasteiger charge is 2.23. The van der Waals surface area contributed by atoms with Gasteiger partial charge in [0.25, 0.3) is 11.5 Å². The molecule has 0 bridgehead atoms. The maximum absolute atomic E-state index is 12.8. The molecular formula is C26H29N3O2. The number of rotatable bonds is 7. The largest absolute Gasteiger partial charge is 0.345 e. The second-order valence-corrected chi connectivity index (χ2v) is 8.32. The Kier molecular flexibility index (Phi) is 6.63. The van der Waals surface area contributed by atoms with Gasteiger partial charge in [-0.1, -0.05) is 54.6 Å². The number of amides is 1. The minimum Gasteiger partial charge on any atom is -0.345 e. The summed E-state index contributed by atoms with van der Waals surface area (Å²) < 4.78 is 0. The van der Waals surface area contributed by atoms with Gasteiger partial charge >= 0.3 is 0 Å². The normalized spacial score (nSPS) is 15.5. The second kappa shape index (κ2) is 9.75. The molecule has 1 aliphatic rings. The molecule has 1 unspecified atom stereocenters. The first-order valence-electron chi connectivity index (χ1n) is 10.9. The summed E-state index contributed by atoms with van der Waals surface area (Å²) >= 11 is 0. The number of fused-ring (bicyclic) bond motifs is 1. The minimum atomic E-state index is -0.337. The fraction of sp³-hybridized carbons (Fsp3) is 0.308. The lowest BCUT2D eigenvalue weighted by molar-refractivity contribution is 0.0931. The van der Waals surface area contributed by atoms with E-state index in [2.05, 4.69) is 39.5 Å². The molecule has 5 heteroatoms. The van der Waals surface area contributed by atoms with Gasteiger partial charge in [-0.2, -0.15) is 0 Å². The van der Waals surface area contributed by atoms with Crippen molar-refractivity contribution in [2.24, 2.45) is 0 Å². The van der Waals surface area contributed by atoms with Crippen LogP contribution in [0.3, 0.4) is 0 Å². The van der Waals surface area contributed by atoms with Crippen molar-refractivity contribution in [1.82, 2.24) is 15.2 Å². The smallest absolute Gasteiger partial charge is 0.261 e. The lowest BCUT2D eigenvalue weighted by Crippen LogP contribution is -2.34. The molecular weight excluding hydrogens is 386 g/mol. The van der Waals surface area contributed by atoms with Gasteiger partial charge in [-0.15, -0.1) is 0 Å². The van der Waals surface area contributed by atoms with Crippen molar-refractivity contribution in [3.8, 4) is 0 Å². The summed E-state index contributed by atoms with van der Waals surface area (Å²) in [5.41, 5.74) is 4.37. The Morgan fingerprint density at radius 1 is 1.06 bits per heavy atom. The average molecular weight is 416 g/mol. The molecule has 4 rings (SSSR count). The topological polar surface area (TPSA) is 65.2 Å². The van der Waals surface area contributed by atoms with Gasteiger partial charge in [0.15, 0.2) is 0 Å². The van der Waals surface area contributed by atoms with Crippen LogP contribution in [0.15, 0.2) is 71.5 Å². The van der Waals surface area contributed by atoms with Crippen LogP contribution in [0.4, 0.5) is 0 Å². The van der Waals surface area contributed by atoms with E-state index < -0.39 is 0 Å². The van der Waals surface area contributed by atoms with Gasteiger partial charge in [0.2, 0.25) is 0 Å². The molecule has 3 aromatic rings. The van der Waals surface area contributed by atoms with Crippen molar-refractivity contribution in [2.45, 2.75) is 38.3 Å². The predicted molar refractivity (Wildman–Crippen MR) is 123 cm³/mol. The minimum absolute atomic E-state index is 0.0411. The SMILES string of the molecule is CN(CCc1ccccc1)Cc1ccc(C(=O)NC2CCCc3ccccc32)c(=O)[nH]1. The van der Waals surface area contributed by atoms with E-state index in [0.717, 1.165) is 43.5 Å². The molecule has 1 heterocycles. The van der Waals surface area contributed by atoms with E-state index >= 15 is 0 Å². The van der Waals surface area contributed by atoms with Gasteiger partial charge in [0.1, 0.15) is 5.56 Å². The van der Waals surface area contributed by atoms with Gasteiger partial charge in [0, 0.05) is 18.8 Å². The predicted octanol–water partition coefficient (Wildman–Crippen LogP) is 3.86. The monoisotopic (exact) mass is 415 g/mol. The van der Waals surface area contributed by atoms with Crippen LogP contribution in [0.2, 0.25) is 0 Å². The van der Waals surface area contributed by atoms with Crippen LogP contribution in [-0.2, 0) is 19.4 Å². The third kappa shape index (κ3) is 5.30. The summed E-state index contributed by atoms with van der Waals surface area (Å²) in [5.74, 6) is -0.313. The highest BCUT2D eigenvalue weighted by Crippen LogP contribution is 2.29. The molecule has 0 radical (unpaired) electrons. The number of pyridine rings is 1. The first-order chi connectivity index (χ1) is 15.1. The highest BCUT2D eigenvalue weighted by molar-refractivity contribution is 5.94. The first kappa shape index (κ1) is 21.1. The third-order valence-corrected chi connectivity index (χ3v) is 5.95. The number of benzene rings is 2. The molecule has 1 amide bonds. The van der Waals surface area contributed by atoms with Gasteiger partial charge in [-0.3, -0.25) is 9.59 Å². The van der Waals surface area contributed by atoms with Crippen LogP contribution < -0.4 is 10.9 Å². The Labute approximate surface area is 183 Å². The Morgan fingerprint density at radius 2 is 1.84 bits per heavy atom. The molecule has 0 aliphatic heterocycles. The summed E-state index contributed by atoms with van der Waals surface area (Å²) in [6.45, 7) is 1.51. The zero-order valence-corrected chi connectivity index (χ0v) is 17.9. The Bertz CT molecular complexity index is 1090. The summed E-state index contributed by atoms with van der Waals surface area (Å²) in [6, 6.07) is 22.0. The van der Waals surface area contributed by atoms with Crippen molar-refractivity contribution in [3.63, 3.8) is 0 Å². The number of aromatic nitrogens is 1. The molecule has 0 saturated heterocycles. The molecule has 1 aromatic heterocycles. The molecule has 160 valence electrons. The van der Waals surface area contributed by atoms with Crippen LogP contribution in [-0.4, -0.2) is 29.4 Å². The molecule has 1 atom stereocenters. The lowest BCUT2D eigenvalue weighted by atomic mass is 9.87. The Hall–Kier alpha value is -3.18. The zero-order valence-electron chi connectivity index (χ0n) is 17.9. The molecule has 2 N–H and O–H groups in total. The van der Waals surface area contributed by atoms with E-state index in [4.69, 9.17) is 0 Å². The van der Waals surface area contributed by atoms with Crippen LogP contribution in [0, 0.1) is 0 Å². The summed E-state index contributed by atoms with van der Waals surface area (Å²) in [5, 5.41) is 3.06. The van der Waals surface area contributed by atoms with E-state index in [0.29, 0.717) is 6.54 Å². The van der Waals surface area contributed by atoms with E-state index in [9.17, 15) is 9.59 Å². The van der Waals surface area contributed by atoms with Crippen molar-refractivity contribution in [2.75, 3.05) is 13.6 Å². The van der Waals surface area contributed by atoms with Crippen molar-refractivity contribution >= 4 is 5.91 Å². The summed E-state index contributed by atoms with van der Waals surface area (Å²) in [7, 11) is 2.03. The molecule has 0 saturated carbocycles. The number of H-pyrrole nitrogens is 1. The molecule has 31 heavy (non-hydrogen) atoms. The van der Waals surface area contributed by atoms with Crippen LogP contribution in [0.5, 0.6) is 0 Å². The fourth-order valence-corrected chi connectivity index (χ4v) is 4.26. The Balaban J connectivity index is 1.37. The summed E-state index contributed by atoms with van der Waals surface area (Å²) in [4.78, 5) is 30.4. The number of carbonyl (C=O) groups is 1. The molecule has 5 nitrogen and oxygen atoms in total. The van der Waals surface area contributed by atoms with Crippen LogP contribution >= 0.6 is 0 Å². The van der Waals surface area contributed by atoms with Gasteiger partial charge in [-0.25, -0.2) is 0 Å². The summed E-state index contributed by atoms with van der Waals surface area (Å²) in [6.07, 6.45) is 3.91. The van der Waals surface area contributed by atoms with E-state index in [-0.39, 0.29) is 23.1 Å². The number of aromatic amines is 1. The maximum atomic E-state index is 12.8. The molecule has 0 spiro atoms. The van der Waals surface area contributed by atoms with Gasteiger partial charge < -0.3 is 15.2 Å². The fourth-order valence-electron chi connectivity index (χ4n) is 4.26. The number of nitrogens with zero attached hydrogens (tertiary/aromatic N) is 1. The number of nitrogens with one attached hydrogen (secondary N) is 2. The zero-order chi connectivity index (χ0) is 21.6. The first-order valence-corrected chi connectivity index (χ1v) is 10.9. The Morgan fingerprint density at radius 3 is 2.65 bits per heavy atom.